The Hall–Kier alpha value is -2.63. The highest BCUT2D eigenvalue weighted by Gasteiger charge is 2.16. The fourth-order valence-electron chi connectivity index (χ4n) is 2.66. The molecule has 6 heteroatoms. The minimum atomic E-state index is -0.832. The van der Waals surface area contributed by atoms with Crippen molar-refractivity contribution >= 4 is 22.8 Å². The van der Waals surface area contributed by atoms with E-state index in [2.05, 4.69) is 19.2 Å². The maximum absolute atomic E-state index is 12.0. The minimum Gasteiger partial charge on any atom is -0.450 e. The number of esters is 1. The summed E-state index contributed by atoms with van der Waals surface area (Å²) in [4.78, 5) is 35.9. The third-order valence-electron chi connectivity index (χ3n) is 4.30. The predicted molar refractivity (Wildman–Crippen MR) is 99.1 cm³/mol. The van der Waals surface area contributed by atoms with Gasteiger partial charge in [0.25, 0.3) is 5.91 Å². The van der Waals surface area contributed by atoms with E-state index in [9.17, 15) is 14.4 Å². The first-order valence-electron chi connectivity index (χ1n) is 9.01. The number of unbranched alkanes of at least 4 members (excludes halogenated alkanes) is 1. The van der Waals surface area contributed by atoms with Gasteiger partial charge in [-0.15, -0.1) is 0 Å². The van der Waals surface area contributed by atoms with Crippen molar-refractivity contribution in [1.29, 1.82) is 0 Å². The van der Waals surface area contributed by atoms with Gasteiger partial charge < -0.3 is 14.5 Å². The molecule has 140 valence electrons. The Kier molecular flexibility index (Phi) is 7.38. The van der Waals surface area contributed by atoms with Crippen molar-refractivity contribution in [3.63, 3.8) is 0 Å². The zero-order valence-corrected chi connectivity index (χ0v) is 15.2. The summed E-state index contributed by atoms with van der Waals surface area (Å²) < 4.78 is 10.3. The molecule has 2 aromatic rings. The molecular weight excluding hydrogens is 334 g/mol. The van der Waals surface area contributed by atoms with Crippen molar-refractivity contribution in [1.82, 2.24) is 5.32 Å². The molecule has 26 heavy (non-hydrogen) atoms. The van der Waals surface area contributed by atoms with Crippen LogP contribution in [0.25, 0.3) is 11.0 Å². The second-order valence-corrected chi connectivity index (χ2v) is 6.27. The summed E-state index contributed by atoms with van der Waals surface area (Å²) in [5.41, 5.74) is -0.0249. The van der Waals surface area contributed by atoms with E-state index in [1.165, 1.54) is 0 Å². The van der Waals surface area contributed by atoms with E-state index in [0.29, 0.717) is 23.4 Å². The first-order chi connectivity index (χ1) is 12.5. The Balaban J connectivity index is 1.88. The van der Waals surface area contributed by atoms with Gasteiger partial charge in [0.1, 0.15) is 5.58 Å². The lowest BCUT2D eigenvalue weighted by atomic mass is 9.99. The van der Waals surface area contributed by atoms with Crippen LogP contribution < -0.4 is 10.7 Å². The van der Waals surface area contributed by atoms with Crippen LogP contribution in [0.15, 0.2) is 39.5 Å². The molecule has 6 nitrogen and oxygen atoms in total. The number of benzene rings is 1. The topological polar surface area (TPSA) is 85.6 Å². The van der Waals surface area contributed by atoms with E-state index >= 15 is 0 Å². The molecule has 1 heterocycles. The molecule has 1 amide bonds. The van der Waals surface area contributed by atoms with Crippen LogP contribution in [-0.2, 0) is 9.53 Å². The Labute approximate surface area is 152 Å². The predicted octanol–water partition coefficient (Wildman–Crippen LogP) is 3.28. The second-order valence-electron chi connectivity index (χ2n) is 6.27. The maximum atomic E-state index is 12.0. The standard InChI is InChI=1S/C20H25NO5/c1-3-5-8-14(4-2)12-21-19(23)13-25-20(24)18-11-16(22)15-9-6-7-10-17(15)26-18/h6-7,9-11,14H,3-5,8,12-13H2,1-2H3,(H,21,23)/t14-/m1/s1. The molecule has 0 saturated heterocycles. The quantitative estimate of drug-likeness (QED) is 0.695. The number of rotatable bonds is 9. The fraction of sp³-hybridized carbons (Fsp3) is 0.450. The molecule has 0 saturated carbocycles. The summed E-state index contributed by atoms with van der Waals surface area (Å²) in [5, 5.41) is 3.17. The average molecular weight is 359 g/mol. The molecule has 1 N–H and O–H groups in total. The monoisotopic (exact) mass is 359 g/mol. The molecule has 2 rings (SSSR count). The highest BCUT2D eigenvalue weighted by atomic mass is 16.5. The lowest BCUT2D eigenvalue weighted by molar-refractivity contribution is -0.124. The highest BCUT2D eigenvalue weighted by Crippen LogP contribution is 2.13. The molecule has 0 aliphatic rings. The Morgan fingerprint density at radius 2 is 2.00 bits per heavy atom. The van der Waals surface area contributed by atoms with Gasteiger partial charge in [0, 0.05) is 12.6 Å². The second kappa shape index (κ2) is 9.75. The summed E-state index contributed by atoms with van der Waals surface area (Å²) in [7, 11) is 0. The first kappa shape index (κ1) is 19.7. The van der Waals surface area contributed by atoms with Gasteiger partial charge in [-0.05, 0) is 24.5 Å². The van der Waals surface area contributed by atoms with Gasteiger partial charge in [-0.2, -0.15) is 0 Å². The van der Waals surface area contributed by atoms with E-state index in [4.69, 9.17) is 9.15 Å². The minimum absolute atomic E-state index is 0.212. The molecular formula is C20H25NO5. The van der Waals surface area contributed by atoms with Gasteiger partial charge >= 0.3 is 5.97 Å². The summed E-state index contributed by atoms with van der Waals surface area (Å²) in [6.45, 7) is 4.39. The molecule has 1 aromatic carbocycles. The number of nitrogens with one attached hydrogen (secondary N) is 1. The molecule has 0 aliphatic carbocycles. The lowest BCUT2D eigenvalue weighted by Gasteiger charge is -2.15. The van der Waals surface area contributed by atoms with Crippen LogP contribution in [0.1, 0.15) is 50.1 Å². The van der Waals surface area contributed by atoms with Crippen molar-refractivity contribution in [2.45, 2.75) is 39.5 Å². The highest BCUT2D eigenvalue weighted by molar-refractivity contribution is 5.90. The van der Waals surface area contributed by atoms with E-state index in [-0.39, 0.29) is 17.1 Å². The van der Waals surface area contributed by atoms with Crippen molar-refractivity contribution in [2.24, 2.45) is 5.92 Å². The molecule has 0 spiro atoms. The SMILES string of the molecule is CCCC[C@@H](CC)CNC(=O)COC(=O)c1cc(=O)c2ccccc2o1. The fourth-order valence-corrected chi connectivity index (χ4v) is 2.66. The number of hydrogen-bond donors (Lipinski definition) is 1. The van der Waals surface area contributed by atoms with Crippen LogP contribution in [0.2, 0.25) is 0 Å². The van der Waals surface area contributed by atoms with E-state index in [0.717, 1.165) is 31.7 Å². The van der Waals surface area contributed by atoms with Crippen LogP contribution in [-0.4, -0.2) is 25.0 Å². The number of ether oxygens (including phenoxy) is 1. The Bertz CT molecular complexity index is 811. The third-order valence-corrected chi connectivity index (χ3v) is 4.30. The molecule has 0 fully saturated rings. The summed E-state index contributed by atoms with van der Waals surface area (Å²) in [6, 6.07) is 7.72. The van der Waals surface area contributed by atoms with E-state index in [1.54, 1.807) is 24.3 Å². The number of carbonyl (C=O) groups excluding carboxylic acids is 2. The molecule has 1 aromatic heterocycles. The zero-order valence-electron chi connectivity index (χ0n) is 15.2. The number of hydrogen-bond acceptors (Lipinski definition) is 5. The van der Waals surface area contributed by atoms with Crippen molar-refractivity contribution < 1.29 is 18.7 Å². The summed E-state index contributed by atoms with van der Waals surface area (Å²) in [5.74, 6) is -0.985. The van der Waals surface area contributed by atoms with Crippen molar-refractivity contribution in [3.8, 4) is 0 Å². The summed E-state index contributed by atoms with van der Waals surface area (Å²) >= 11 is 0. The number of amides is 1. The average Bonchev–Trinajstić information content (AvgIpc) is 2.66. The van der Waals surface area contributed by atoms with Gasteiger partial charge in [-0.3, -0.25) is 9.59 Å². The maximum Gasteiger partial charge on any atom is 0.374 e. The van der Waals surface area contributed by atoms with Crippen LogP contribution in [0.3, 0.4) is 0 Å². The lowest BCUT2D eigenvalue weighted by Crippen LogP contribution is -2.33. The summed E-state index contributed by atoms with van der Waals surface area (Å²) in [6.07, 6.45) is 4.31. The van der Waals surface area contributed by atoms with Crippen molar-refractivity contribution in [2.75, 3.05) is 13.2 Å². The van der Waals surface area contributed by atoms with Gasteiger partial charge in [0.15, 0.2) is 12.0 Å². The molecule has 0 unspecified atom stereocenters. The number of fused-ring (bicyclic) bond motifs is 1. The molecule has 0 bridgehead atoms. The third kappa shape index (κ3) is 5.44. The van der Waals surface area contributed by atoms with Gasteiger partial charge in [-0.1, -0.05) is 45.2 Å². The van der Waals surface area contributed by atoms with Gasteiger partial charge in [-0.25, -0.2) is 4.79 Å². The molecule has 1 atom stereocenters. The normalized spacial score (nSPS) is 11.9. The Morgan fingerprint density at radius 3 is 2.73 bits per heavy atom. The van der Waals surface area contributed by atoms with E-state index < -0.39 is 12.6 Å². The van der Waals surface area contributed by atoms with Crippen LogP contribution in [0.4, 0.5) is 0 Å². The Morgan fingerprint density at radius 1 is 1.23 bits per heavy atom. The van der Waals surface area contributed by atoms with Crippen LogP contribution in [0, 0.1) is 5.92 Å². The van der Waals surface area contributed by atoms with Crippen LogP contribution >= 0.6 is 0 Å². The van der Waals surface area contributed by atoms with E-state index in [1.807, 2.05) is 0 Å². The van der Waals surface area contributed by atoms with Gasteiger partial charge in [0.05, 0.1) is 5.39 Å². The number of para-hydroxylation sites is 1. The molecule has 0 aliphatic heterocycles. The number of carbonyl (C=O) groups is 2. The molecule has 0 radical (unpaired) electrons. The zero-order chi connectivity index (χ0) is 18.9. The smallest absolute Gasteiger partial charge is 0.374 e. The van der Waals surface area contributed by atoms with Gasteiger partial charge in [0.2, 0.25) is 5.76 Å². The van der Waals surface area contributed by atoms with Crippen molar-refractivity contribution in [3.05, 3.63) is 46.3 Å². The van der Waals surface area contributed by atoms with Crippen LogP contribution in [0.5, 0.6) is 0 Å². The first-order valence-corrected chi connectivity index (χ1v) is 9.01. The largest absolute Gasteiger partial charge is 0.450 e.